The summed E-state index contributed by atoms with van der Waals surface area (Å²) in [4.78, 5) is 1.36. The van der Waals surface area contributed by atoms with Crippen molar-refractivity contribution in [2.24, 2.45) is 0 Å². The zero-order valence-corrected chi connectivity index (χ0v) is 12.0. The minimum absolute atomic E-state index is 0.710. The van der Waals surface area contributed by atoms with Gasteiger partial charge >= 0.3 is 0 Å². The summed E-state index contributed by atoms with van der Waals surface area (Å²) in [5.41, 5.74) is 0.282. The van der Waals surface area contributed by atoms with Gasteiger partial charge in [-0.05, 0) is 24.1 Å². The highest BCUT2D eigenvalue weighted by atomic mass is 16.5. The second-order valence-corrected chi connectivity index (χ2v) is 5.22. The molecule has 0 aliphatic heterocycles. The Balaban J connectivity index is 2.86. The van der Waals surface area contributed by atoms with E-state index in [4.69, 9.17) is 4.74 Å². The van der Waals surface area contributed by atoms with Gasteiger partial charge in [-0.2, -0.15) is 0 Å². The maximum absolute atomic E-state index is 10.8. The van der Waals surface area contributed by atoms with E-state index in [0.29, 0.717) is 0 Å². The number of nitrogens with one attached hydrogen (secondary N) is 1. The van der Waals surface area contributed by atoms with Crippen molar-refractivity contribution < 1.29 is 14.7 Å². The van der Waals surface area contributed by atoms with Crippen molar-refractivity contribution >= 4 is 0 Å². The van der Waals surface area contributed by atoms with Crippen LogP contribution < -0.4 is 9.64 Å². The topological polar surface area (TPSA) is 33.9 Å². The van der Waals surface area contributed by atoms with Crippen molar-refractivity contribution in [2.75, 3.05) is 27.7 Å². The molecule has 0 radical (unpaired) electrons. The summed E-state index contributed by atoms with van der Waals surface area (Å²) in [7, 11) is 5.88. The fraction of sp³-hybridized carbons (Fsp3) is 0.600. The summed E-state index contributed by atoms with van der Waals surface area (Å²) in [5.74, 6) is 0.829. The molecule has 0 saturated heterocycles. The Morgan fingerprint density at radius 2 is 1.78 bits per heavy atom. The first-order valence-corrected chi connectivity index (χ1v) is 6.68. The van der Waals surface area contributed by atoms with Crippen molar-refractivity contribution in [1.82, 2.24) is 0 Å². The average Bonchev–Trinajstić information content (AvgIpc) is 2.37. The molecule has 2 N–H and O–H groups in total. The summed E-state index contributed by atoms with van der Waals surface area (Å²) in [6.07, 6.45) is 2.56. The van der Waals surface area contributed by atoms with Gasteiger partial charge in [0.2, 0.25) is 0 Å². The Bertz CT molecular complexity index is 348. The van der Waals surface area contributed by atoms with Gasteiger partial charge in [0.05, 0.1) is 33.4 Å². The third-order valence-corrected chi connectivity index (χ3v) is 3.33. The normalized spacial score (nSPS) is 14.6. The molecule has 1 aromatic carbocycles. The highest BCUT2D eigenvalue weighted by Gasteiger charge is 2.29. The molecule has 0 bridgehead atoms. The second kappa shape index (κ2) is 6.76. The van der Waals surface area contributed by atoms with E-state index in [2.05, 4.69) is 21.0 Å². The van der Waals surface area contributed by atoms with E-state index >= 15 is 0 Å². The summed E-state index contributed by atoms with van der Waals surface area (Å²) >= 11 is 0. The molecule has 1 aromatic rings. The third kappa shape index (κ3) is 4.00. The van der Waals surface area contributed by atoms with Gasteiger partial charge in [-0.3, -0.25) is 0 Å². The number of benzene rings is 1. The van der Waals surface area contributed by atoms with Crippen LogP contribution in [-0.2, 0) is 5.60 Å². The standard InChI is InChI=1S/C15H25NO2/c1-5-10-15(17,11-12-16(2)3)13-6-8-14(18-4)9-7-13/h6-9,17H,5,10-12H2,1-4H3/p+1. The van der Waals surface area contributed by atoms with Crippen LogP contribution in [0.15, 0.2) is 24.3 Å². The van der Waals surface area contributed by atoms with Crippen LogP contribution in [0.25, 0.3) is 0 Å². The van der Waals surface area contributed by atoms with E-state index < -0.39 is 5.60 Å². The summed E-state index contributed by atoms with van der Waals surface area (Å²) in [6.45, 7) is 3.07. The van der Waals surface area contributed by atoms with Gasteiger partial charge in [0.15, 0.2) is 0 Å². The van der Waals surface area contributed by atoms with Gasteiger partial charge in [-0.25, -0.2) is 0 Å². The Kier molecular flexibility index (Phi) is 5.63. The molecule has 0 aliphatic carbocycles. The highest BCUT2D eigenvalue weighted by Crippen LogP contribution is 2.30. The number of hydrogen-bond acceptors (Lipinski definition) is 2. The molecule has 0 fully saturated rings. The van der Waals surface area contributed by atoms with Crippen LogP contribution in [0, 0.1) is 0 Å². The van der Waals surface area contributed by atoms with Crippen LogP contribution >= 0.6 is 0 Å². The molecule has 0 heterocycles. The molecular weight excluding hydrogens is 226 g/mol. The number of methoxy groups -OCH3 is 1. The quantitative estimate of drug-likeness (QED) is 0.765. The number of quaternary nitrogens is 1. The largest absolute Gasteiger partial charge is 0.497 e. The van der Waals surface area contributed by atoms with Crippen LogP contribution in [-0.4, -0.2) is 32.9 Å². The van der Waals surface area contributed by atoms with Crippen LogP contribution in [0.3, 0.4) is 0 Å². The van der Waals surface area contributed by atoms with E-state index in [-0.39, 0.29) is 0 Å². The third-order valence-electron chi connectivity index (χ3n) is 3.33. The van der Waals surface area contributed by atoms with Crippen LogP contribution in [0.1, 0.15) is 31.7 Å². The SMILES string of the molecule is CCCC(O)(CC[NH+](C)C)c1ccc(OC)cc1. The van der Waals surface area contributed by atoms with Gasteiger partial charge in [0.1, 0.15) is 5.75 Å². The Labute approximate surface area is 110 Å². The molecule has 1 unspecified atom stereocenters. The highest BCUT2D eigenvalue weighted by molar-refractivity contribution is 5.30. The number of hydrogen-bond donors (Lipinski definition) is 2. The summed E-state index contributed by atoms with van der Waals surface area (Å²) in [5, 5.41) is 10.8. The maximum atomic E-state index is 10.8. The molecule has 3 heteroatoms. The van der Waals surface area contributed by atoms with Crippen LogP contribution in [0.2, 0.25) is 0 Å². The number of rotatable bonds is 7. The fourth-order valence-corrected chi connectivity index (χ4v) is 2.19. The van der Waals surface area contributed by atoms with Crippen molar-refractivity contribution in [3.8, 4) is 5.75 Å². The van der Waals surface area contributed by atoms with E-state index in [1.54, 1.807) is 7.11 Å². The van der Waals surface area contributed by atoms with Gasteiger partial charge < -0.3 is 14.7 Å². The lowest BCUT2D eigenvalue weighted by atomic mass is 9.86. The summed E-state index contributed by atoms with van der Waals surface area (Å²) < 4.78 is 5.15. The lowest BCUT2D eigenvalue weighted by molar-refractivity contribution is -0.859. The molecule has 0 aliphatic rings. The molecule has 0 spiro atoms. The predicted octanol–water partition coefficient (Wildman–Crippen LogP) is 1.22. The first-order valence-electron chi connectivity index (χ1n) is 6.68. The van der Waals surface area contributed by atoms with E-state index in [9.17, 15) is 5.11 Å². The zero-order valence-electron chi connectivity index (χ0n) is 12.0. The first-order chi connectivity index (χ1) is 8.51. The number of aliphatic hydroxyl groups is 1. The predicted molar refractivity (Wildman–Crippen MR) is 74.1 cm³/mol. The zero-order chi connectivity index (χ0) is 13.6. The van der Waals surface area contributed by atoms with Crippen LogP contribution in [0.5, 0.6) is 5.75 Å². The van der Waals surface area contributed by atoms with E-state index in [1.807, 2.05) is 24.3 Å². The molecule has 0 aromatic heterocycles. The molecule has 1 rings (SSSR count). The lowest BCUT2D eigenvalue weighted by Gasteiger charge is -2.29. The van der Waals surface area contributed by atoms with E-state index in [1.165, 1.54) is 4.90 Å². The Hall–Kier alpha value is -1.06. The van der Waals surface area contributed by atoms with Gasteiger partial charge in [-0.15, -0.1) is 0 Å². The second-order valence-electron chi connectivity index (χ2n) is 5.22. The fourth-order valence-electron chi connectivity index (χ4n) is 2.19. The van der Waals surface area contributed by atoms with Gasteiger partial charge in [0, 0.05) is 6.42 Å². The summed E-state index contributed by atoms with van der Waals surface area (Å²) in [6, 6.07) is 7.77. The van der Waals surface area contributed by atoms with Gasteiger partial charge in [-0.1, -0.05) is 25.5 Å². The molecule has 1 atom stereocenters. The molecule has 102 valence electrons. The van der Waals surface area contributed by atoms with Crippen LogP contribution in [0.4, 0.5) is 0 Å². The van der Waals surface area contributed by atoms with Crippen molar-refractivity contribution in [3.05, 3.63) is 29.8 Å². The Morgan fingerprint density at radius 3 is 2.22 bits per heavy atom. The van der Waals surface area contributed by atoms with E-state index in [0.717, 1.165) is 37.1 Å². The smallest absolute Gasteiger partial charge is 0.118 e. The van der Waals surface area contributed by atoms with Crippen molar-refractivity contribution in [2.45, 2.75) is 31.8 Å². The van der Waals surface area contributed by atoms with Crippen molar-refractivity contribution in [1.29, 1.82) is 0 Å². The first kappa shape index (κ1) is 15.0. The number of ether oxygens (including phenoxy) is 1. The molecule has 3 nitrogen and oxygen atoms in total. The molecule has 0 amide bonds. The monoisotopic (exact) mass is 252 g/mol. The average molecular weight is 252 g/mol. The molecular formula is C15H26NO2+. The van der Waals surface area contributed by atoms with Gasteiger partial charge in [0.25, 0.3) is 0 Å². The minimum Gasteiger partial charge on any atom is -0.497 e. The minimum atomic E-state index is -0.710. The maximum Gasteiger partial charge on any atom is 0.118 e. The van der Waals surface area contributed by atoms with Crippen molar-refractivity contribution in [3.63, 3.8) is 0 Å². The lowest BCUT2D eigenvalue weighted by Crippen LogP contribution is -3.05. The molecule has 18 heavy (non-hydrogen) atoms. The molecule has 0 saturated carbocycles. The Morgan fingerprint density at radius 1 is 1.17 bits per heavy atom.